The maximum absolute atomic E-state index is 13.3. The van der Waals surface area contributed by atoms with Gasteiger partial charge in [-0.3, -0.25) is 4.79 Å². The van der Waals surface area contributed by atoms with Gasteiger partial charge in [-0.05, 0) is 5.56 Å². The van der Waals surface area contributed by atoms with Crippen LogP contribution in [0.15, 0.2) is 36.4 Å². The maximum atomic E-state index is 13.3. The fourth-order valence-electron chi connectivity index (χ4n) is 1.60. The van der Waals surface area contributed by atoms with E-state index in [0.29, 0.717) is 29.5 Å². The van der Waals surface area contributed by atoms with Crippen LogP contribution >= 0.6 is 0 Å². The normalized spacial score (nSPS) is 10.3. The lowest BCUT2D eigenvalue weighted by atomic mass is 10.1. The van der Waals surface area contributed by atoms with E-state index in [1.807, 2.05) is 0 Å². The lowest BCUT2D eigenvalue weighted by Gasteiger charge is -2.09. The molecule has 0 N–H and O–H groups in total. The van der Waals surface area contributed by atoms with Crippen molar-refractivity contribution in [3.8, 4) is 5.75 Å². The van der Waals surface area contributed by atoms with E-state index in [2.05, 4.69) is 0 Å². The van der Waals surface area contributed by atoms with Gasteiger partial charge in [-0.15, -0.1) is 0 Å². The summed E-state index contributed by atoms with van der Waals surface area (Å²) in [6.07, 6.45) is 0.621. The molecule has 0 fully saturated rings. The first-order valence-corrected chi connectivity index (χ1v) is 5.42. The minimum absolute atomic E-state index is 0.186. The number of rotatable bonds is 4. The quantitative estimate of drug-likeness (QED) is 0.792. The van der Waals surface area contributed by atoms with Crippen molar-refractivity contribution in [2.24, 2.45) is 0 Å². The van der Waals surface area contributed by atoms with Gasteiger partial charge in [0.1, 0.15) is 18.7 Å². The number of ether oxygens (including phenoxy) is 1. The molecule has 2 aromatic carbocycles. The van der Waals surface area contributed by atoms with Gasteiger partial charge >= 0.3 is 0 Å². The van der Waals surface area contributed by atoms with E-state index in [1.54, 1.807) is 24.3 Å². The number of halogens is 3. The summed E-state index contributed by atoms with van der Waals surface area (Å²) >= 11 is 0. The third-order valence-electron chi connectivity index (χ3n) is 2.52. The zero-order valence-electron chi connectivity index (χ0n) is 9.70. The number of carbonyl (C=O) groups is 1. The van der Waals surface area contributed by atoms with Crippen LogP contribution in [0.1, 0.15) is 15.9 Å². The van der Waals surface area contributed by atoms with Crippen molar-refractivity contribution < 1.29 is 22.7 Å². The fraction of sp³-hybridized carbons (Fsp3) is 0.0714. The third kappa shape index (κ3) is 2.93. The molecule has 5 heteroatoms. The van der Waals surface area contributed by atoms with E-state index < -0.39 is 23.2 Å². The van der Waals surface area contributed by atoms with Crippen molar-refractivity contribution >= 4 is 6.29 Å². The summed E-state index contributed by atoms with van der Waals surface area (Å²) in [4.78, 5) is 10.8. The number of hydrogen-bond acceptors (Lipinski definition) is 2. The number of carbonyl (C=O) groups excluding carboxylic acids is 1. The predicted octanol–water partition coefficient (Wildman–Crippen LogP) is 3.50. The third-order valence-corrected chi connectivity index (χ3v) is 2.52. The molecule has 0 heterocycles. The molecule has 0 bridgehead atoms. The zero-order valence-corrected chi connectivity index (χ0v) is 9.70. The highest BCUT2D eigenvalue weighted by Gasteiger charge is 2.13. The largest absolute Gasteiger partial charge is 0.483 e. The second-order valence-electron chi connectivity index (χ2n) is 3.80. The molecular weight excluding hydrogens is 257 g/mol. The lowest BCUT2D eigenvalue weighted by molar-refractivity contribution is 0.112. The first kappa shape index (κ1) is 13.1. The first-order valence-electron chi connectivity index (χ1n) is 5.42. The average molecular weight is 266 g/mol. The molecule has 0 aliphatic carbocycles. The van der Waals surface area contributed by atoms with Gasteiger partial charge in [0.25, 0.3) is 0 Å². The molecule has 0 aliphatic heterocycles. The van der Waals surface area contributed by atoms with Crippen LogP contribution in [0.2, 0.25) is 0 Å². The van der Waals surface area contributed by atoms with Crippen molar-refractivity contribution in [3.05, 3.63) is 65.0 Å². The van der Waals surface area contributed by atoms with Crippen molar-refractivity contribution in [1.82, 2.24) is 0 Å². The smallest absolute Gasteiger partial charge is 0.191 e. The Labute approximate surface area is 107 Å². The van der Waals surface area contributed by atoms with Crippen LogP contribution in [0.4, 0.5) is 13.2 Å². The first-order chi connectivity index (χ1) is 9.11. The zero-order chi connectivity index (χ0) is 13.8. The van der Waals surface area contributed by atoms with E-state index in [9.17, 15) is 18.0 Å². The number of aldehydes is 1. The summed E-state index contributed by atoms with van der Waals surface area (Å²) in [6, 6.07) is 7.55. The molecule has 2 rings (SSSR count). The predicted molar refractivity (Wildman–Crippen MR) is 62.5 cm³/mol. The number of benzene rings is 2. The Bertz CT molecular complexity index is 588. The van der Waals surface area contributed by atoms with E-state index in [-0.39, 0.29) is 6.61 Å². The van der Waals surface area contributed by atoms with Crippen LogP contribution in [-0.4, -0.2) is 6.29 Å². The Morgan fingerprint density at radius 3 is 2.32 bits per heavy atom. The standard InChI is InChI=1S/C14H9F3O2/c15-11-5-12(16)14(13(17)6-11)19-8-10-4-2-1-3-9(10)7-18/h1-7H,8H2. The molecular formula is C14H9F3O2. The monoisotopic (exact) mass is 266 g/mol. The Morgan fingerprint density at radius 1 is 1.05 bits per heavy atom. The Kier molecular flexibility index (Phi) is 3.85. The summed E-state index contributed by atoms with van der Waals surface area (Å²) in [5.41, 5.74) is 0.853. The molecule has 0 radical (unpaired) electrons. The van der Waals surface area contributed by atoms with Gasteiger partial charge < -0.3 is 4.74 Å². The molecule has 2 nitrogen and oxygen atoms in total. The molecule has 0 atom stereocenters. The second-order valence-corrected chi connectivity index (χ2v) is 3.80. The molecule has 19 heavy (non-hydrogen) atoms. The van der Waals surface area contributed by atoms with Gasteiger partial charge in [-0.2, -0.15) is 0 Å². The molecule has 2 aromatic rings. The Morgan fingerprint density at radius 2 is 1.68 bits per heavy atom. The van der Waals surface area contributed by atoms with Gasteiger partial charge in [0.05, 0.1) is 0 Å². The Hall–Kier alpha value is -2.30. The lowest BCUT2D eigenvalue weighted by Crippen LogP contribution is -2.03. The minimum atomic E-state index is -1.12. The summed E-state index contributed by atoms with van der Waals surface area (Å²) in [5, 5.41) is 0. The second kappa shape index (κ2) is 5.56. The SMILES string of the molecule is O=Cc1ccccc1COc1c(F)cc(F)cc1F. The summed E-state index contributed by atoms with van der Waals surface area (Å²) in [6.45, 7) is -0.186. The van der Waals surface area contributed by atoms with E-state index in [4.69, 9.17) is 4.74 Å². The summed E-state index contributed by atoms with van der Waals surface area (Å²) in [7, 11) is 0. The van der Waals surface area contributed by atoms with E-state index >= 15 is 0 Å². The topological polar surface area (TPSA) is 26.3 Å². The molecule has 0 saturated heterocycles. The highest BCUT2D eigenvalue weighted by atomic mass is 19.1. The molecule has 0 aliphatic rings. The maximum Gasteiger partial charge on any atom is 0.191 e. The molecule has 0 unspecified atom stereocenters. The molecule has 0 saturated carbocycles. The van der Waals surface area contributed by atoms with Gasteiger partial charge in [0.15, 0.2) is 17.4 Å². The van der Waals surface area contributed by atoms with Gasteiger partial charge in [0, 0.05) is 17.7 Å². The van der Waals surface area contributed by atoms with Crippen LogP contribution in [0.25, 0.3) is 0 Å². The van der Waals surface area contributed by atoms with Crippen LogP contribution in [0.5, 0.6) is 5.75 Å². The average Bonchev–Trinajstić information content (AvgIpc) is 2.38. The highest BCUT2D eigenvalue weighted by Crippen LogP contribution is 2.24. The van der Waals surface area contributed by atoms with Crippen LogP contribution in [-0.2, 0) is 6.61 Å². The van der Waals surface area contributed by atoms with Crippen LogP contribution in [0.3, 0.4) is 0 Å². The molecule has 0 aromatic heterocycles. The van der Waals surface area contributed by atoms with E-state index in [1.165, 1.54) is 0 Å². The number of hydrogen-bond donors (Lipinski definition) is 0. The summed E-state index contributed by atoms with van der Waals surface area (Å²) in [5.74, 6) is -3.93. The Balaban J connectivity index is 2.21. The fourth-order valence-corrected chi connectivity index (χ4v) is 1.60. The van der Waals surface area contributed by atoms with Crippen molar-refractivity contribution in [2.75, 3.05) is 0 Å². The van der Waals surface area contributed by atoms with Gasteiger partial charge in [-0.25, -0.2) is 13.2 Å². The van der Waals surface area contributed by atoms with E-state index in [0.717, 1.165) is 0 Å². The van der Waals surface area contributed by atoms with Crippen LogP contribution < -0.4 is 4.74 Å². The summed E-state index contributed by atoms with van der Waals surface area (Å²) < 4.78 is 44.3. The molecule has 0 amide bonds. The highest BCUT2D eigenvalue weighted by molar-refractivity contribution is 5.77. The molecule has 0 spiro atoms. The van der Waals surface area contributed by atoms with Crippen molar-refractivity contribution in [2.45, 2.75) is 6.61 Å². The van der Waals surface area contributed by atoms with Crippen molar-refractivity contribution in [3.63, 3.8) is 0 Å². The van der Waals surface area contributed by atoms with Crippen molar-refractivity contribution in [1.29, 1.82) is 0 Å². The molecule has 98 valence electrons. The van der Waals surface area contributed by atoms with Gasteiger partial charge in [-0.1, -0.05) is 24.3 Å². The van der Waals surface area contributed by atoms with Gasteiger partial charge in [0.2, 0.25) is 0 Å². The van der Waals surface area contributed by atoms with Crippen LogP contribution in [0, 0.1) is 17.5 Å². The minimum Gasteiger partial charge on any atom is -0.483 e.